The second kappa shape index (κ2) is 7.59. The van der Waals surface area contributed by atoms with E-state index in [-0.39, 0.29) is 0 Å². The summed E-state index contributed by atoms with van der Waals surface area (Å²) in [5.41, 5.74) is 1.39. The SMILES string of the molecule is CC=CC(C)=CCCCCC. The van der Waals surface area contributed by atoms with E-state index in [4.69, 9.17) is 0 Å². The maximum atomic E-state index is 2.32. The molecule has 0 amide bonds. The van der Waals surface area contributed by atoms with Crippen LogP contribution >= 0.6 is 0 Å². The summed E-state index contributed by atoms with van der Waals surface area (Å²) in [6, 6.07) is 0. The second-order valence-corrected chi connectivity index (χ2v) is 2.94. The molecule has 0 saturated carbocycles. The van der Waals surface area contributed by atoms with Gasteiger partial charge < -0.3 is 0 Å². The Hall–Kier alpha value is -0.520. The third-order valence-corrected chi connectivity index (χ3v) is 1.70. The van der Waals surface area contributed by atoms with Crippen LogP contribution in [0.15, 0.2) is 23.8 Å². The Labute approximate surface area is 71.0 Å². The van der Waals surface area contributed by atoms with Crippen molar-refractivity contribution in [2.75, 3.05) is 0 Å². The molecule has 0 aliphatic heterocycles. The van der Waals surface area contributed by atoms with E-state index in [1.165, 1.54) is 31.3 Å². The van der Waals surface area contributed by atoms with Gasteiger partial charge in [0.25, 0.3) is 0 Å². The van der Waals surface area contributed by atoms with Gasteiger partial charge in [-0.2, -0.15) is 0 Å². The molecule has 0 unspecified atom stereocenters. The van der Waals surface area contributed by atoms with Gasteiger partial charge in [-0.1, -0.05) is 43.6 Å². The molecule has 0 saturated heterocycles. The van der Waals surface area contributed by atoms with Crippen LogP contribution < -0.4 is 0 Å². The van der Waals surface area contributed by atoms with Crippen molar-refractivity contribution in [3.8, 4) is 0 Å². The standard InChI is InChI=1S/C11H20/c1-4-6-7-8-10-11(3)9-5-2/h5,9-10H,4,6-8H2,1-3H3. The predicted molar refractivity (Wildman–Crippen MR) is 52.7 cm³/mol. The van der Waals surface area contributed by atoms with Crippen molar-refractivity contribution in [1.29, 1.82) is 0 Å². The van der Waals surface area contributed by atoms with Crippen molar-refractivity contribution in [2.45, 2.75) is 46.5 Å². The minimum atomic E-state index is 1.24. The first kappa shape index (κ1) is 10.5. The molecule has 0 heterocycles. The highest BCUT2D eigenvalue weighted by Gasteiger charge is 1.83. The lowest BCUT2D eigenvalue weighted by atomic mass is 10.1. The Bertz CT molecular complexity index is 129. The summed E-state index contributed by atoms with van der Waals surface area (Å²) in [6.45, 7) is 6.46. The maximum absolute atomic E-state index is 2.32. The van der Waals surface area contributed by atoms with E-state index in [9.17, 15) is 0 Å². The van der Waals surface area contributed by atoms with Gasteiger partial charge in [0.1, 0.15) is 0 Å². The number of allylic oxidation sites excluding steroid dienone is 4. The van der Waals surface area contributed by atoms with Crippen molar-refractivity contribution in [3.63, 3.8) is 0 Å². The topological polar surface area (TPSA) is 0 Å². The number of hydrogen-bond donors (Lipinski definition) is 0. The summed E-state index contributed by atoms with van der Waals surface area (Å²) in [5, 5.41) is 0. The van der Waals surface area contributed by atoms with Crippen LogP contribution in [-0.2, 0) is 0 Å². The van der Waals surface area contributed by atoms with E-state index in [1.807, 2.05) is 0 Å². The molecule has 0 nitrogen and oxygen atoms in total. The Kier molecular flexibility index (Phi) is 7.23. The Morgan fingerprint density at radius 1 is 1.27 bits per heavy atom. The van der Waals surface area contributed by atoms with Crippen LogP contribution in [0.2, 0.25) is 0 Å². The van der Waals surface area contributed by atoms with Gasteiger partial charge in [0, 0.05) is 0 Å². The van der Waals surface area contributed by atoms with Crippen LogP contribution in [0.3, 0.4) is 0 Å². The van der Waals surface area contributed by atoms with Gasteiger partial charge in [-0.3, -0.25) is 0 Å². The maximum Gasteiger partial charge on any atom is -0.0345 e. The molecular formula is C11H20. The van der Waals surface area contributed by atoms with Crippen molar-refractivity contribution in [2.24, 2.45) is 0 Å². The van der Waals surface area contributed by atoms with E-state index in [0.717, 1.165) is 0 Å². The molecule has 0 N–H and O–H groups in total. The van der Waals surface area contributed by atoms with Crippen molar-refractivity contribution < 1.29 is 0 Å². The first-order chi connectivity index (χ1) is 5.31. The Balaban J connectivity index is 3.40. The molecule has 0 spiro atoms. The number of hydrogen-bond acceptors (Lipinski definition) is 0. The first-order valence-electron chi connectivity index (χ1n) is 4.60. The van der Waals surface area contributed by atoms with Crippen LogP contribution in [0, 0.1) is 0 Å². The monoisotopic (exact) mass is 152 g/mol. The quantitative estimate of drug-likeness (QED) is 0.411. The fourth-order valence-corrected chi connectivity index (χ4v) is 1.06. The fourth-order valence-electron chi connectivity index (χ4n) is 1.06. The van der Waals surface area contributed by atoms with E-state index in [0.29, 0.717) is 0 Å². The van der Waals surface area contributed by atoms with E-state index in [1.54, 1.807) is 0 Å². The third-order valence-electron chi connectivity index (χ3n) is 1.70. The minimum Gasteiger partial charge on any atom is -0.0874 e. The molecule has 0 fully saturated rings. The van der Waals surface area contributed by atoms with Crippen LogP contribution in [0.25, 0.3) is 0 Å². The van der Waals surface area contributed by atoms with Gasteiger partial charge in [-0.15, -0.1) is 0 Å². The van der Waals surface area contributed by atoms with E-state index < -0.39 is 0 Å². The normalized spacial score (nSPS) is 12.8. The minimum absolute atomic E-state index is 1.24. The van der Waals surface area contributed by atoms with Crippen molar-refractivity contribution in [1.82, 2.24) is 0 Å². The molecule has 0 bridgehead atoms. The average molecular weight is 152 g/mol. The molecule has 0 aliphatic carbocycles. The predicted octanol–water partition coefficient (Wildman–Crippen LogP) is 4.09. The summed E-state index contributed by atoms with van der Waals surface area (Å²) in [6.07, 6.45) is 11.8. The molecule has 0 aromatic carbocycles. The lowest BCUT2D eigenvalue weighted by molar-refractivity contribution is 0.728. The van der Waals surface area contributed by atoms with Crippen LogP contribution in [0.5, 0.6) is 0 Å². The zero-order chi connectivity index (χ0) is 8.53. The van der Waals surface area contributed by atoms with Crippen molar-refractivity contribution in [3.05, 3.63) is 23.8 Å². The summed E-state index contributed by atoms with van der Waals surface area (Å²) in [7, 11) is 0. The van der Waals surface area contributed by atoms with Gasteiger partial charge in [0.15, 0.2) is 0 Å². The Morgan fingerprint density at radius 3 is 2.55 bits per heavy atom. The van der Waals surface area contributed by atoms with Crippen molar-refractivity contribution >= 4 is 0 Å². The highest BCUT2D eigenvalue weighted by Crippen LogP contribution is 2.03. The Morgan fingerprint density at radius 2 is 2.00 bits per heavy atom. The zero-order valence-electron chi connectivity index (χ0n) is 8.06. The smallest absolute Gasteiger partial charge is 0.0345 e. The van der Waals surface area contributed by atoms with E-state index >= 15 is 0 Å². The third kappa shape index (κ3) is 7.38. The van der Waals surface area contributed by atoms with Gasteiger partial charge in [-0.25, -0.2) is 0 Å². The lowest BCUT2D eigenvalue weighted by Crippen LogP contribution is -1.73. The molecule has 0 aliphatic rings. The zero-order valence-corrected chi connectivity index (χ0v) is 8.06. The van der Waals surface area contributed by atoms with Crippen LogP contribution in [0.4, 0.5) is 0 Å². The summed E-state index contributed by atoms with van der Waals surface area (Å²) in [5.74, 6) is 0. The molecule has 0 radical (unpaired) electrons. The molecular weight excluding hydrogens is 132 g/mol. The fraction of sp³-hybridized carbons (Fsp3) is 0.636. The molecule has 0 aromatic heterocycles. The largest absolute Gasteiger partial charge is 0.0874 e. The average Bonchev–Trinajstić information content (AvgIpc) is 1.99. The highest BCUT2D eigenvalue weighted by molar-refractivity contribution is 5.14. The van der Waals surface area contributed by atoms with Gasteiger partial charge >= 0.3 is 0 Å². The van der Waals surface area contributed by atoms with Gasteiger partial charge in [-0.05, 0) is 26.7 Å². The van der Waals surface area contributed by atoms with Crippen LogP contribution in [0.1, 0.15) is 46.5 Å². The molecule has 11 heavy (non-hydrogen) atoms. The lowest BCUT2D eigenvalue weighted by Gasteiger charge is -1.93. The summed E-state index contributed by atoms with van der Waals surface area (Å²) in [4.78, 5) is 0. The molecule has 0 aromatic rings. The molecule has 64 valence electrons. The number of unbranched alkanes of at least 4 members (excludes halogenated alkanes) is 3. The highest BCUT2D eigenvalue weighted by atomic mass is 13.9. The number of rotatable bonds is 5. The molecule has 0 heteroatoms. The second-order valence-electron chi connectivity index (χ2n) is 2.94. The van der Waals surface area contributed by atoms with Gasteiger partial charge in [0.05, 0.1) is 0 Å². The summed E-state index contributed by atoms with van der Waals surface area (Å²) < 4.78 is 0. The van der Waals surface area contributed by atoms with Gasteiger partial charge in [0.2, 0.25) is 0 Å². The van der Waals surface area contributed by atoms with E-state index in [2.05, 4.69) is 39.0 Å². The summed E-state index contributed by atoms with van der Waals surface area (Å²) >= 11 is 0. The first-order valence-corrected chi connectivity index (χ1v) is 4.60. The molecule has 0 rings (SSSR count). The van der Waals surface area contributed by atoms with Crippen LogP contribution in [-0.4, -0.2) is 0 Å². The molecule has 0 atom stereocenters.